The summed E-state index contributed by atoms with van der Waals surface area (Å²) in [6, 6.07) is 4.09. The van der Waals surface area contributed by atoms with Crippen molar-refractivity contribution in [2.75, 3.05) is 5.32 Å². The van der Waals surface area contributed by atoms with Gasteiger partial charge in [0.1, 0.15) is 0 Å². The maximum absolute atomic E-state index is 5.46. The minimum atomic E-state index is 0.0156. The molecule has 0 amide bonds. The molecule has 2 aromatic heterocycles. The molecule has 2 N–H and O–H groups in total. The molecule has 0 atom stereocenters. The molecule has 0 aromatic carbocycles. The summed E-state index contributed by atoms with van der Waals surface area (Å²) in [7, 11) is 0. The Morgan fingerprint density at radius 3 is 2.68 bits per heavy atom. The van der Waals surface area contributed by atoms with Crippen LogP contribution in [-0.2, 0) is 13.1 Å². The Labute approximate surface area is 111 Å². The van der Waals surface area contributed by atoms with Crippen molar-refractivity contribution in [1.29, 1.82) is 0 Å². The monoisotopic (exact) mass is 262 g/mol. The molecule has 2 rings (SSSR count). The highest BCUT2D eigenvalue weighted by molar-refractivity contribution is 5.19. The van der Waals surface area contributed by atoms with E-state index in [1.54, 1.807) is 6.20 Å². The average Bonchev–Trinajstić information content (AvgIpc) is 2.82. The van der Waals surface area contributed by atoms with Crippen molar-refractivity contribution in [2.45, 2.75) is 39.4 Å². The van der Waals surface area contributed by atoms with Crippen LogP contribution >= 0.6 is 0 Å². The number of aromatic nitrogens is 4. The second-order valence-corrected chi connectivity index (χ2v) is 5.17. The highest BCUT2D eigenvalue weighted by Crippen LogP contribution is 2.08. The van der Waals surface area contributed by atoms with Gasteiger partial charge in [0.2, 0.25) is 5.89 Å². The van der Waals surface area contributed by atoms with E-state index >= 15 is 0 Å². The number of anilines is 1. The molecule has 0 fully saturated rings. The van der Waals surface area contributed by atoms with E-state index in [-0.39, 0.29) is 5.54 Å². The van der Waals surface area contributed by atoms with Gasteiger partial charge in [-0.3, -0.25) is 0 Å². The van der Waals surface area contributed by atoms with Gasteiger partial charge in [0.15, 0.2) is 0 Å². The van der Waals surface area contributed by atoms with Crippen molar-refractivity contribution in [3.05, 3.63) is 29.9 Å². The molecule has 0 spiro atoms. The van der Waals surface area contributed by atoms with Crippen LogP contribution in [0.2, 0.25) is 0 Å². The zero-order chi connectivity index (χ0) is 13.7. The molecule has 102 valence electrons. The zero-order valence-corrected chi connectivity index (χ0v) is 11.3. The lowest BCUT2D eigenvalue weighted by Crippen LogP contribution is -2.35. The van der Waals surface area contributed by atoms with Gasteiger partial charge >= 0.3 is 6.01 Å². The van der Waals surface area contributed by atoms with E-state index in [2.05, 4.69) is 51.8 Å². The first-order valence-electron chi connectivity index (χ1n) is 6.11. The molecule has 0 radical (unpaired) electrons. The molecule has 19 heavy (non-hydrogen) atoms. The lowest BCUT2D eigenvalue weighted by Gasteiger charge is -2.18. The third-order valence-electron chi connectivity index (χ3n) is 2.29. The average molecular weight is 262 g/mol. The molecular formula is C12H18N6O. The van der Waals surface area contributed by atoms with E-state index in [9.17, 15) is 0 Å². The van der Waals surface area contributed by atoms with Crippen molar-refractivity contribution >= 4 is 6.01 Å². The Balaban J connectivity index is 1.84. The molecule has 0 aliphatic carbocycles. The molecular weight excluding hydrogens is 244 g/mol. The first kappa shape index (κ1) is 13.4. The van der Waals surface area contributed by atoms with Crippen molar-refractivity contribution in [3.63, 3.8) is 0 Å². The normalized spacial score (nSPS) is 11.5. The third-order valence-corrected chi connectivity index (χ3v) is 2.29. The number of nitrogens with one attached hydrogen (secondary N) is 2. The maximum Gasteiger partial charge on any atom is 0.315 e. The summed E-state index contributed by atoms with van der Waals surface area (Å²) in [5.74, 6) is 0.552. The van der Waals surface area contributed by atoms with Crippen LogP contribution in [0.4, 0.5) is 6.01 Å². The molecule has 7 nitrogen and oxygen atoms in total. The van der Waals surface area contributed by atoms with Gasteiger partial charge in [-0.1, -0.05) is 5.10 Å². The second kappa shape index (κ2) is 5.75. The number of nitrogens with zero attached hydrogens (tertiary/aromatic N) is 4. The van der Waals surface area contributed by atoms with E-state index in [1.165, 1.54) is 0 Å². The number of hydrogen-bond acceptors (Lipinski definition) is 7. The summed E-state index contributed by atoms with van der Waals surface area (Å²) in [6.07, 6.45) is 1.63. The summed E-state index contributed by atoms with van der Waals surface area (Å²) < 4.78 is 5.46. The largest absolute Gasteiger partial charge is 0.407 e. The smallest absolute Gasteiger partial charge is 0.315 e. The van der Waals surface area contributed by atoms with Crippen molar-refractivity contribution < 1.29 is 4.42 Å². The topological polar surface area (TPSA) is 88.8 Å². The summed E-state index contributed by atoms with van der Waals surface area (Å²) >= 11 is 0. The van der Waals surface area contributed by atoms with Crippen LogP contribution in [0.25, 0.3) is 0 Å². The van der Waals surface area contributed by atoms with Crippen molar-refractivity contribution in [2.24, 2.45) is 0 Å². The fourth-order valence-corrected chi connectivity index (χ4v) is 1.33. The maximum atomic E-state index is 5.46. The van der Waals surface area contributed by atoms with Crippen LogP contribution in [-0.4, -0.2) is 25.9 Å². The Kier molecular flexibility index (Phi) is 4.06. The molecule has 0 saturated heterocycles. The highest BCUT2D eigenvalue weighted by atomic mass is 16.4. The van der Waals surface area contributed by atoms with Crippen LogP contribution in [0.5, 0.6) is 0 Å². The van der Waals surface area contributed by atoms with E-state index in [0.29, 0.717) is 25.0 Å². The molecule has 0 saturated carbocycles. The minimum Gasteiger partial charge on any atom is -0.407 e. The van der Waals surface area contributed by atoms with Crippen LogP contribution in [0.3, 0.4) is 0 Å². The molecule has 0 aliphatic heterocycles. The predicted molar refractivity (Wildman–Crippen MR) is 70.2 cm³/mol. The summed E-state index contributed by atoms with van der Waals surface area (Å²) in [5.41, 5.74) is 0.830. The first-order chi connectivity index (χ1) is 9.03. The quantitative estimate of drug-likeness (QED) is 0.840. The zero-order valence-electron chi connectivity index (χ0n) is 11.3. The summed E-state index contributed by atoms with van der Waals surface area (Å²) in [4.78, 5) is 0. The van der Waals surface area contributed by atoms with Crippen molar-refractivity contribution in [3.8, 4) is 0 Å². The minimum absolute atomic E-state index is 0.0156. The van der Waals surface area contributed by atoms with E-state index in [1.807, 2.05) is 12.1 Å². The fraction of sp³-hybridized carbons (Fsp3) is 0.500. The van der Waals surface area contributed by atoms with Gasteiger partial charge < -0.3 is 15.1 Å². The van der Waals surface area contributed by atoms with E-state index < -0.39 is 0 Å². The molecule has 0 aliphatic rings. The standard InChI is InChI=1S/C12H18N6O/c1-12(2,3)14-8-10-17-18-11(19-10)13-7-9-5-4-6-15-16-9/h4-6,14H,7-8H2,1-3H3,(H,13,18). The summed E-state index contributed by atoms with van der Waals surface area (Å²) in [6.45, 7) is 7.29. The third kappa shape index (κ3) is 4.63. The molecule has 0 bridgehead atoms. The second-order valence-electron chi connectivity index (χ2n) is 5.17. The van der Waals surface area contributed by atoms with Gasteiger partial charge in [-0.25, -0.2) is 0 Å². The lowest BCUT2D eigenvalue weighted by molar-refractivity contribution is 0.383. The van der Waals surface area contributed by atoms with Crippen molar-refractivity contribution in [1.82, 2.24) is 25.7 Å². The molecule has 0 unspecified atom stereocenters. The SMILES string of the molecule is CC(C)(C)NCc1nnc(NCc2cccnn2)o1. The van der Waals surface area contributed by atoms with Crippen LogP contribution < -0.4 is 10.6 Å². The number of rotatable bonds is 5. The van der Waals surface area contributed by atoms with E-state index in [0.717, 1.165) is 5.69 Å². The van der Waals surface area contributed by atoms with E-state index in [4.69, 9.17) is 4.42 Å². The van der Waals surface area contributed by atoms with Gasteiger partial charge in [-0.2, -0.15) is 10.2 Å². The van der Waals surface area contributed by atoms with Gasteiger partial charge in [0.25, 0.3) is 0 Å². The summed E-state index contributed by atoms with van der Waals surface area (Å²) in [5, 5.41) is 21.9. The number of hydrogen-bond donors (Lipinski definition) is 2. The van der Waals surface area contributed by atoms with Gasteiger partial charge in [-0.15, -0.1) is 5.10 Å². The van der Waals surface area contributed by atoms with Crippen LogP contribution in [0.15, 0.2) is 22.7 Å². The van der Waals surface area contributed by atoms with Crippen LogP contribution in [0.1, 0.15) is 32.4 Å². The van der Waals surface area contributed by atoms with Gasteiger partial charge in [-0.05, 0) is 32.9 Å². The molecule has 2 aromatic rings. The molecule has 2 heterocycles. The first-order valence-corrected chi connectivity index (χ1v) is 6.11. The highest BCUT2D eigenvalue weighted by Gasteiger charge is 2.12. The van der Waals surface area contributed by atoms with Crippen LogP contribution in [0, 0.1) is 0 Å². The Morgan fingerprint density at radius 1 is 1.16 bits per heavy atom. The predicted octanol–water partition coefficient (Wildman–Crippen LogP) is 1.36. The Bertz CT molecular complexity index is 504. The Morgan fingerprint density at radius 2 is 2.00 bits per heavy atom. The van der Waals surface area contributed by atoms with Gasteiger partial charge in [0, 0.05) is 11.7 Å². The van der Waals surface area contributed by atoms with Gasteiger partial charge in [0.05, 0.1) is 18.8 Å². The fourth-order valence-electron chi connectivity index (χ4n) is 1.33. The molecule has 7 heteroatoms. The Hall–Kier alpha value is -2.02. The lowest BCUT2D eigenvalue weighted by atomic mass is 10.1.